The van der Waals surface area contributed by atoms with E-state index in [0.29, 0.717) is 0 Å². The highest BCUT2D eigenvalue weighted by Gasteiger charge is 2.18. The molecule has 0 amide bonds. The van der Waals surface area contributed by atoms with Gasteiger partial charge in [-0.05, 0) is 52.4 Å². The minimum absolute atomic E-state index is 0.0463. The Hall–Kier alpha value is -0.680. The van der Waals surface area contributed by atoms with Crippen LogP contribution in [0.1, 0.15) is 27.6 Å². The van der Waals surface area contributed by atoms with Crippen molar-refractivity contribution in [2.24, 2.45) is 5.84 Å². The first-order valence-corrected chi connectivity index (χ1v) is 7.07. The lowest BCUT2D eigenvalue weighted by Crippen LogP contribution is -2.29. The maximum absolute atomic E-state index is 5.71. The van der Waals surface area contributed by atoms with Crippen LogP contribution < -0.4 is 11.3 Å². The third kappa shape index (κ3) is 2.60. The SMILES string of the molecule is Cc1ccc(C(NN)c2sccc2Br)c(C)c1. The number of rotatable bonds is 3. The zero-order valence-corrected chi connectivity index (χ0v) is 12.2. The summed E-state index contributed by atoms with van der Waals surface area (Å²) in [6, 6.07) is 8.54. The third-order valence-electron chi connectivity index (χ3n) is 2.81. The normalized spacial score (nSPS) is 12.7. The Morgan fingerprint density at radius 3 is 2.59 bits per heavy atom. The van der Waals surface area contributed by atoms with E-state index in [-0.39, 0.29) is 6.04 Å². The van der Waals surface area contributed by atoms with Crippen molar-refractivity contribution < 1.29 is 0 Å². The number of hydrogen-bond acceptors (Lipinski definition) is 3. The average molecular weight is 311 g/mol. The summed E-state index contributed by atoms with van der Waals surface area (Å²) in [5, 5.41) is 2.06. The van der Waals surface area contributed by atoms with E-state index < -0.39 is 0 Å². The maximum atomic E-state index is 5.71. The first-order valence-electron chi connectivity index (χ1n) is 5.39. The van der Waals surface area contributed by atoms with Crippen LogP contribution in [0.3, 0.4) is 0 Å². The van der Waals surface area contributed by atoms with Gasteiger partial charge in [0.1, 0.15) is 0 Å². The van der Waals surface area contributed by atoms with Crippen LogP contribution in [0.5, 0.6) is 0 Å². The van der Waals surface area contributed by atoms with Gasteiger partial charge in [0.05, 0.1) is 6.04 Å². The molecule has 17 heavy (non-hydrogen) atoms. The van der Waals surface area contributed by atoms with Crippen molar-refractivity contribution in [1.29, 1.82) is 0 Å². The minimum Gasteiger partial charge on any atom is -0.271 e. The highest BCUT2D eigenvalue weighted by Crippen LogP contribution is 2.34. The monoisotopic (exact) mass is 310 g/mol. The molecule has 3 N–H and O–H groups in total. The molecule has 0 bridgehead atoms. The fourth-order valence-electron chi connectivity index (χ4n) is 1.97. The number of hydrogen-bond donors (Lipinski definition) is 2. The molecule has 4 heteroatoms. The Balaban J connectivity index is 2.46. The van der Waals surface area contributed by atoms with Gasteiger partial charge in [-0.15, -0.1) is 11.3 Å². The van der Waals surface area contributed by atoms with Crippen molar-refractivity contribution >= 4 is 27.3 Å². The molecule has 1 heterocycles. The maximum Gasteiger partial charge on any atom is 0.0816 e. The average Bonchev–Trinajstić information content (AvgIpc) is 2.69. The number of thiophene rings is 1. The zero-order valence-electron chi connectivity index (χ0n) is 9.83. The lowest BCUT2D eigenvalue weighted by atomic mass is 9.98. The molecule has 0 aliphatic heterocycles. The highest BCUT2D eigenvalue weighted by atomic mass is 79.9. The summed E-state index contributed by atoms with van der Waals surface area (Å²) >= 11 is 5.26. The van der Waals surface area contributed by atoms with Crippen LogP contribution in [-0.4, -0.2) is 0 Å². The Bertz CT molecular complexity index is 522. The molecular weight excluding hydrogens is 296 g/mol. The molecule has 90 valence electrons. The number of hydrazine groups is 1. The molecule has 1 aromatic heterocycles. The summed E-state index contributed by atoms with van der Waals surface area (Å²) in [7, 11) is 0. The van der Waals surface area contributed by atoms with Crippen molar-refractivity contribution in [2.45, 2.75) is 19.9 Å². The molecule has 0 saturated carbocycles. The zero-order chi connectivity index (χ0) is 12.4. The van der Waals surface area contributed by atoms with Crippen molar-refractivity contribution in [3.8, 4) is 0 Å². The lowest BCUT2D eigenvalue weighted by molar-refractivity contribution is 0.641. The summed E-state index contributed by atoms with van der Waals surface area (Å²) in [6.07, 6.45) is 0. The van der Waals surface area contributed by atoms with E-state index in [1.807, 2.05) is 6.07 Å². The van der Waals surface area contributed by atoms with Gasteiger partial charge >= 0.3 is 0 Å². The lowest BCUT2D eigenvalue weighted by Gasteiger charge is -2.18. The molecule has 2 nitrogen and oxygen atoms in total. The molecule has 0 saturated heterocycles. The first-order chi connectivity index (χ1) is 8.13. The van der Waals surface area contributed by atoms with E-state index in [9.17, 15) is 0 Å². The second-order valence-corrected chi connectivity index (χ2v) is 5.89. The Kier molecular flexibility index (Phi) is 3.99. The van der Waals surface area contributed by atoms with Crippen LogP contribution in [-0.2, 0) is 0 Å². The van der Waals surface area contributed by atoms with Crippen LogP contribution >= 0.6 is 27.3 Å². The van der Waals surface area contributed by atoms with Gasteiger partial charge in [0.2, 0.25) is 0 Å². The predicted octanol–water partition coefficient (Wildman–Crippen LogP) is 3.68. The van der Waals surface area contributed by atoms with Crippen molar-refractivity contribution in [3.05, 3.63) is 55.7 Å². The second-order valence-electron chi connectivity index (χ2n) is 4.09. The molecule has 1 unspecified atom stereocenters. The van der Waals surface area contributed by atoms with Gasteiger partial charge in [-0.1, -0.05) is 23.8 Å². The smallest absolute Gasteiger partial charge is 0.0816 e. The quantitative estimate of drug-likeness (QED) is 0.670. The van der Waals surface area contributed by atoms with Crippen LogP contribution in [0.4, 0.5) is 0 Å². The summed E-state index contributed by atoms with van der Waals surface area (Å²) in [6.45, 7) is 4.22. The fraction of sp³-hybridized carbons (Fsp3) is 0.231. The Morgan fingerprint density at radius 1 is 1.29 bits per heavy atom. The molecule has 0 spiro atoms. The van der Waals surface area contributed by atoms with Gasteiger partial charge in [0, 0.05) is 9.35 Å². The summed E-state index contributed by atoms with van der Waals surface area (Å²) in [4.78, 5) is 1.21. The topological polar surface area (TPSA) is 38.0 Å². The number of nitrogens with two attached hydrogens (primary N) is 1. The van der Waals surface area contributed by atoms with E-state index in [1.54, 1.807) is 11.3 Å². The van der Waals surface area contributed by atoms with Crippen LogP contribution in [0.2, 0.25) is 0 Å². The van der Waals surface area contributed by atoms with E-state index in [1.165, 1.54) is 21.6 Å². The molecule has 0 fully saturated rings. The number of halogens is 1. The van der Waals surface area contributed by atoms with Crippen molar-refractivity contribution in [2.75, 3.05) is 0 Å². The van der Waals surface area contributed by atoms with Gasteiger partial charge in [0.15, 0.2) is 0 Å². The fourth-order valence-corrected chi connectivity index (χ4v) is 3.65. The molecule has 2 rings (SSSR count). The van der Waals surface area contributed by atoms with Gasteiger partial charge in [-0.3, -0.25) is 5.84 Å². The predicted molar refractivity (Wildman–Crippen MR) is 77.1 cm³/mol. The van der Waals surface area contributed by atoms with Gasteiger partial charge < -0.3 is 0 Å². The summed E-state index contributed by atoms with van der Waals surface area (Å²) in [5.74, 6) is 5.71. The van der Waals surface area contributed by atoms with E-state index >= 15 is 0 Å². The molecular formula is C13H15BrN2S. The minimum atomic E-state index is 0.0463. The molecule has 0 aliphatic rings. The largest absolute Gasteiger partial charge is 0.271 e. The Labute approximate surface area is 114 Å². The van der Waals surface area contributed by atoms with Crippen molar-refractivity contribution in [3.63, 3.8) is 0 Å². The number of aryl methyl sites for hydroxylation is 2. The molecule has 0 radical (unpaired) electrons. The highest BCUT2D eigenvalue weighted by molar-refractivity contribution is 9.10. The standard InChI is InChI=1S/C13H15BrN2S/c1-8-3-4-10(9(2)7-8)12(16-15)13-11(14)5-6-17-13/h3-7,12,16H,15H2,1-2H3. The van der Waals surface area contributed by atoms with E-state index in [4.69, 9.17) is 5.84 Å². The van der Waals surface area contributed by atoms with Crippen LogP contribution in [0.15, 0.2) is 34.1 Å². The number of nitrogens with one attached hydrogen (secondary N) is 1. The van der Waals surface area contributed by atoms with Crippen LogP contribution in [0.25, 0.3) is 0 Å². The molecule has 1 aromatic carbocycles. The first kappa shape index (κ1) is 12.8. The summed E-state index contributed by atoms with van der Waals surface area (Å²) < 4.78 is 1.10. The molecule has 2 aromatic rings. The second kappa shape index (κ2) is 5.31. The summed E-state index contributed by atoms with van der Waals surface area (Å²) in [5.41, 5.74) is 6.65. The van der Waals surface area contributed by atoms with Gasteiger partial charge in [0.25, 0.3) is 0 Å². The van der Waals surface area contributed by atoms with Gasteiger partial charge in [-0.25, -0.2) is 5.43 Å². The van der Waals surface area contributed by atoms with Gasteiger partial charge in [-0.2, -0.15) is 0 Å². The molecule has 0 aliphatic carbocycles. The number of benzene rings is 1. The molecule has 1 atom stereocenters. The van der Waals surface area contributed by atoms with E-state index in [0.717, 1.165) is 4.47 Å². The third-order valence-corrected chi connectivity index (χ3v) is 4.75. The van der Waals surface area contributed by atoms with Crippen LogP contribution in [0, 0.1) is 13.8 Å². The van der Waals surface area contributed by atoms with Crippen molar-refractivity contribution in [1.82, 2.24) is 5.43 Å². The Morgan fingerprint density at radius 2 is 2.06 bits per heavy atom. The van der Waals surface area contributed by atoms with E-state index in [2.05, 4.69) is 58.8 Å².